The first-order valence-electron chi connectivity index (χ1n) is 22.5. The van der Waals surface area contributed by atoms with Crippen LogP contribution in [0.25, 0.3) is 0 Å². The van der Waals surface area contributed by atoms with Crippen molar-refractivity contribution >= 4 is 27.8 Å². The number of benzene rings is 1. The number of nitrogens with zero attached hydrogens (tertiary/aromatic N) is 4. The molecule has 1 aromatic heterocycles. The molecule has 2 aromatic rings. The van der Waals surface area contributed by atoms with Crippen LogP contribution in [-0.4, -0.2) is 65.9 Å². The van der Waals surface area contributed by atoms with Crippen LogP contribution in [0, 0.1) is 6.92 Å². The standard InChI is InChI=1S/C47H83N4O4S/c1-7-9-11-13-15-17-19-20-22-24-26-28-30-35-55-41-45(53-6)39-51(43-31-32-46(42(3)37-43)48-49-47-50(4)33-36-56-47)38-44(52-5)40-54-34-29-27-25-23-21-18-16-14-12-10-8-2/h7,9,31-33,36-37,44-45H,8,10-30,34-35,38-41H2,1-6H3/q+1/b9-7+. The highest BCUT2D eigenvalue weighted by atomic mass is 32.1. The summed E-state index contributed by atoms with van der Waals surface area (Å²) < 4.78 is 26.3. The van der Waals surface area contributed by atoms with Crippen molar-refractivity contribution in [3.05, 3.63) is 47.5 Å². The Morgan fingerprint density at radius 1 is 0.696 bits per heavy atom. The molecule has 0 aliphatic carbocycles. The average molecular weight is 800 g/mol. The fraction of sp³-hybridized carbons (Fsp3) is 0.766. The third-order valence-electron chi connectivity index (χ3n) is 10.7. The van der Waals surface area contributed by atoms with Gasteiger partial charge in [0, 0.05) is 51.6 Å². The molecule has 8 nitrogen and oxygen atoms in total. The van der Waals surface area contributed by atoms with Gasteiger partial charge in [-0.15, -0.1) is 0 Å². The predicted molar refractivity (Wildman–Crippen MR) is 238 cm³/mol. The number of anilines is 1. The number of thiazole rings is 1. The van der Waals surface area contributed by atoms with Crippen LogP contribution in [0.2, 0.25) is 0 Å². The second-order valence-corrected chi connectivity index (χ2v) is 16.5. The first-order chi connectivity index (χ1) is 27.5. The minimum Gasteiger partial charge on any atom is -0.379 e. The van der Waals surface area contributed by atoms with Gasteiger partial charge in [-0.2, -0.15) is 0 Å². The minimum atomic E-state index is -0.0683. The normalized spacial score (nSPS) is 13.0. The molecule has 0 aliphatic heterocycles. The topological polar surface area (TPSA) is 68.8 Å². The van der Waals surface area contributed by atoms with Crippen LogP contribution in [0.1, 0.15) is 161 Å². The molecular weight excluding hydrogens is 717 g/mol. The summed E-state index contributed by atoms with van der Waals surface area (Å²) in [4.78, 5) is 2.35. The zero-order chi connectivity index (χ0) is 40.3. The Morgan fingerprint density at radius 3 is 1.64 bits per heavy atom. The second-order valence-electron chi connectivity index (χ2n) is 15.7. The number of hydrogen-bond donors (Lipinski definition) is 0. The van der Waals surface area contributed by atoms with Gasteiger partial charge in [0.05, 0.1) is 37.6 Å². The van der Waals surface area contributed by atoms with Crippen molar-refractivity contribution in [1.82, 2.24) is 0 Å². The van der Waals surface area contributed by atoms with Gasteiger partial charge in [-0.25, -0.2) is 4.57 Å². The van der Waals surface area contributed by atoms with Crippen molar-refractivity contribution in [2.45, 2.75) is 174 Å². The predicted octanol–water partition coefficient (Wildman–Crippen LogP) is 13.3. The van der Waals surface area contributed by atoms with Crippen molar-refractivity contribution < 1.29 is 23.5 Å². The van der Waals surface area contributed by atoms with Gasteiger partial charge < -0.3 is 23.8 Å². The molecule has 1 heterocycles. The van der Waals surface area contributed by atoms with Gasteiger partial charge in [0.25, 0.3) is 0 Å². The number of aromatic nitrogens is 1. The van der Waals surface area contributed by atoms with Crippen LogP contribution in [0.3, 0.4) is 0 Å². The molecule has 0 N–H and O–H groups in total. The van der Waals surface area contributed by atoms with Crippen molar-refractivity contribution in [1.29, 1.82) is 0 Å². The summed E-state index contributed by atoms with van der Waals surface area (Å²) in [6, 6.07) is 6.39. The summed E-state index contributed by atoms with van der Waals surface area (Å²) in [7, 11) is 5.57. The maximum Gasteiger partial charge on any atom is 0.408 e. The summed E-state index contributed by atoms with van der Waals surface area (Å²) in [5.41, 5.74) is 3.04. The van der Waals surface area contributed by atoms with Crippen LogP contribution < -0.4 is 9.47 Å². The van der Waals surface area contributed by atoms with E-state index in [2.05, 4.69) is 66.3 Å². The fourth-order valence-corrected chi connectivity index (χ4v) is 7.66. The van der Waals surface area contributed by atoms with E-state index in [9.17, 15) is 0 Å². The third-order valence-corrected chi connectivity index (χ3v) is 11.5. The van der Waals surface area contributed by atoms with Crippen LogP contribution in [0.15, 0.2) is 52.2 Å². The average Bonchev–Trinajstić information content (AvgIpc) is 3.62. The van der Waals surface area contributed by atoms with Crippen molar-refractivity contribution in [3.63, 3.8) is 0 Å². The highest BCUT2D eigenvalue weighted by Gasteiger charge is 2.21. The van der Waals surface area contributed by atoms with Crippen molar-refractivity contribution in [2.24, 2.45) is 17.3 Å². The lowest BCUT2D eigenvalue weighted by molar-refractivity contribution is -0.654. The van der Waals surface area contributed by atoms with Gasteiger partial charge >= 0.3 is 5.13 Å². The van der Waals surface area contributed by atoms with Crippen LogP contribution in [0.5, 0.6) is 0 Å². The number of hydrogen-bond acceptors (Lipinski definition) is 8. The molecule has 2 rings (SSSR count). The van der Waals surface area contributed by atoms with Gasteiger partial charge in [-0.3, -0.25) is 0 Å². The Labute approximate surface area is 347 Å². The molecule has 0 fully saturated rings. The van der Waals surface area contributed by atoms with E-state index in [0.29, 0.717) is 26.3 Å². The van der Waals surface area contributed by atoms with Gasteiger partial charge in [0.2, 0.25) is 0 Å². The number of allylic oxidation sites excluding steroid dienone is 2. The molecule has 1 aromatic carbocycles. The molecule has 0 saturated heterocycles. The van der Waals surface area contributed by atoms with E-state index in [4.69, 9.17) is 18.9 Å². The summed E-state index contributed by atoms with van der Waals surface area (Å²) >= 11 is 1.58. The lowest BCUT2D eigenvalue weighted by Crippen LogP contribution is -2.42. The zero-order valence-electron chi connectivity index (χ0n) is 36.8. The van der Waals surface area contributed by atoms with Gasteiger partial charge in [-0.1, -0.05) is 135 Å². The monoisotopic (exact) mass is 800 g/mol. The van der Waals surface area contributed by atoms with Crippen LogP contribution in [-0.2, 0) is 26.0 Å². The Balaban J connectivity index is 1.82. The molecule has 320 valence electrons. The summed E-state index contributed by atoms with van der Waals surface area (Å²) in [5, 5.41) is 11.9. The number of unbranched alkanes of at least 4 members (excludes halogenated alkanes) is 20. The van der Waals surface area contributed by atoms with E-state index in [-0.39, 0.29) is 12.2 Å². The molecule has 0 aliphatic rings. The second kappa shape index (κ2) is 34.8. The van der Waals surface area contributed by atoms with Crippen LogP contribution >= 0.6 is 11.3 Å². The van der Waals surface area contributed by atoms with E-state index in [0.717, 1.165) is 48.1 Å². The zero-order valence-corrected chi connectivity index (χ0v) is 37.6. The molecule has 0 amide bonds. The Morgan fingerprint density at radius 2 is 1.20 bits per heavy atom. The van der Waals surface area contributed by atoms with E-state index in [1.54, 1.807) is 25.6 Å². The Kier molecular flexibility index (Phi) is 31.1. The van der Waals surface area contributed by atoms with E-state index >= 15 is 0 Å². The third kappa shape index (κ3) is 24.6. The highest BCUT2D eigenvalue weighted by molar-refractivity contribution is 7.12. The fourth-order valence-electron chi connectivity index (χ4n) is 6.98. The van der Waals surface area contributed by atoms with Gasteiger partial charge in [0.1, 0.15) is 11.9 Å². The minimum absolute atomic E-state index is 0.0668. The van der Waals surface area contributed by atoms with Gasteiger partial charge in [-0.05, 0) is 79.7 Å². The number of azo groups is 1. The van der Waals surface area contributed by atoms with Crippen molar-refractivity contribution in [2.75, 3.05) is 58.6 Å². The summed E-state index contributed by atoms with van der Waals surface area (Å²) in [6.45, 7) is 10.6. The SMILES string of the molecule is C/C=C/CCCCCCCCCCCCOCC(CN(CC(COCCCCCCCCCCCCC)OC)c1ccc(/N=N/c2scc[n+]2C)c(C)c1)OC. The smallest absolute Gasteiger partial charge is 0.379 e. The first kappa shape index (κ1) is 50.0. The molecule has 9 heteroatoms. The number of ether oxygens (including phenoxy) is 4. The molecule has 56 heavy (non-hydrogen) atoms. The van der Waals surface area contributed by atoms with E-state index in [1.807, 2.05) is 23.2 Å². The molecular formula is C47H83N4O4S+. The van der Waals surface area contributed by atoms with Gasteiger partial charge in [0.15, 0.2) is 0 Å². The van der Waals surface area contributed by atoms with E-state index in [1.165, 1.54) is 128 Å². The Hall–Kier alpha value is -2.17. The lowest BCUT2D eigenvalue weighted by atomic mass is 10.1. The maximum atomic E-state index is 6.19. The number of aryl methyl sites for hydroxylation is 2. The molecule has 2 unspecified atom stereocenters. The molecule has 2 atom stereocenters. The molecule has 0 saturated carbocycles. The highest BCUT2D eigenvalue weighted by Crippen LogP contribution is 2.28. The first-order valence-corrected chi connectivity index (χ1v) is 23.4. The Bertz CT molecular complexity index is 1250. The molecule has 0 radical (unpaired) electrons. The summed E-state index contributed by atoms with van der Waals surface area (Å²) in [5.74, 6) is 0. The number of rotatable bonds is 38. The van der Waals surface area contributed by atoms with Crippen LogP contribution in [0.4, 0.5) is 16.5 Å². The van der Waals surface area contributed by atoms with Crippen molar-refractivity contribution in [3.8, 4) is 0 Å². The quantitative estimate of drug-likeness (QED) is 0.0293. The number of methoxy groups -OCH3 is 2. The largest absolute Gasteiger partial charge is 0.408 e. The molecule has 0 spiro atoms. The maximum absolute atomic E-state index is 6.19. The summed E-state index contributed by atoms with van der Waals surface area (Å²) in [6.07, 6.45) is 35.4. The van der Waals surface area contributed by atoms with E-state index < -0.39 is 0 Å². The lowest BCUT2D eigenvalue weighted by Gasteiger charge is -2.32. The molecule has 0 bridgehead atoms.